The van der Waals surface area contributed by atoms with Gasteiger partial charge in [0.25, 0.3) is 5.56 Å². The molecule has 1 saturated heterocycles. The van der Waals surface area contributed by atoms with Crippen molar-refractivity contribution in [3.05, 3.63) is 40.3 Å². The first-order chi connectivity index (χ1) is 10.1. The van der Waals surface area contributed by atoms with Gasteiger partial charge in [-0.1, -0.05) is 12.1 Å². The molecule has 2 unspecified atom stereocenters. The van der Waals surface area contributed by atoms with Gasteiger partial charge >= 0.3 is 5.97 Å². The van der Waals surface area contributed by atoms with Gasteiger partial charge in [0, 0.05) is 12.6 Å². The van der Waals surface area contributed by atoms with Crippen molar-refractivity contribution in [2.75, 3.05) is 6.54 Å². The summed E-state index contributed by atoms with van der Waals surface area (Å²) in [6.07, 6.45) is 0.613. The number of rotatable bonds is 3. The number of carbonyl (C=O) groups is 1. The van der Waals surface area contributed by atoms with Crippen molar-refractivity contribution in [3.8, 4) is 0 Å². The van der Waals surface area contributed by atoms with Gasteiger partial charge in [-0.3, -0.25) is 14.5 Å². The quantitative estimate of drug-likeness (QED) is 0.886. The van der Waals surface area contributed by atoms with Crippen LogP contribution >= 0.6 is 0 Å². The van der Waals surface area contributed by atoms with Gasteiger partial charge in [-0.25, -0.2) is 4.98 Å². The maximum Gasteiger partial charge on any atom is 0.308 e. The molecule has 0 saturated carbocycles. The number of aromatic nitrogens is 2. The summed E-state index contributed by atoms with van der Waals surface area (Å²) >= 11 is 0. The number of nitrogens with one attached hydrogen (secondary N) is 1. The molecule has 6 heteroatoms. The van der Waals surface area contributed by atoms with E-state index < -0.39 is 5.97 Å². The number of H-pyrrole nitrogens is 1. The van der Waals surface area contributed by atoms with Gasteiger partial charge in [0.1, 0.15) is 5.69 Å². The number of likely N-dealkylation sites (tertiary alicyclic amines) is 1. The fourth-order valence-electron chi connectivity index (χ4n) is 2.92. The molecule has 1 aromatic carbocycles. The van der Waals surface area contributed by atoms with Gasteiger partial charge in [-0.2, -0.15) is 0 Å². The lowest BCUT2D eigenvalue weighted by molar-refractivity contribution is -0.142. The second-order valence-corrected chi connectivity index (χ2v) is 5.47. The van der Waals surface area contributed by atoms with E-state index in [1.807, 2.05) is 36.1 Å². The van der Waals surface area contributed by atoms with Crippen LogP contribution in [0.1, 0.15) is 19.0 Å². The smallest absolute Gasteiger partial charge is 0.308 e. The zero-order valence-corrected chi connectivity index (χ0v) is 11.7. The molecule has 0 amide bonds. The summed E-state index contributed by atoms with van der Waals surface area (Å²) in [7, 11) is 0. The topological polar surface area (TPSA) is 86.3 Å². The predicted molar refractivity (Wildman–Crippen MR) is 78.0 cm³/mol. The van der Waals surface area contributed by atoms with Crippen molar-refractivity contribution in [1.29, 1.82) is 0 Å². The van der Waals surface area contributed by atoms with Gasteiger partial charge in [-0.15, -0.1) is 0 Å². The van der Waals surface area contributed by atoms with E-state index in [-0.39, 0.29) is 17.5 Å². The summed E-state index contributed by atoms with van der Waals surface area (Å²) in [5.41, 5.74) is 1.68. The van der Waals surface area contributed by atoms with Gasteiger partial charge in [0.05, 0.1) is 17.0 Å². The monoisotopic (exact) mass is 287 g/mol. The van der Waals surface area contributed by atoms with Crippen molar-refractivity contribution in [1.82, 2.24) is 14.9 Å². The molecule has 1 fully saturated rings. The molecule has 2 N–H and O–H groups in total. The van der Waals surface area contributed by atoms with Crippen LogP contribution in [0.5, 0.6) is 0 Å². The highest BCUT2D eigenvalue weighted by molar-refractivity contribution is 5.73. The molecule has 2 atom stereocenters. The third-order valence-electron chi connectivity index (χ3n) is 4.23. The minimum Gasteiger partial charge on any atom is -0.481 e. The fraction of sp³-hybridized carbons (Fsp3) is 0.400. The summed E-state index contributed by atoms with van der Waals surface area (Å²) < 4.78 is 0. The number of benzene rings is 1. The Hall–Kier alpha value is -2.21. The molecule has 1 aliphatic rings. The lowest BCUT2D eigenvalue weighted by atomic mass is 10.0. The van der Waals surface area contributed by atoms with Crippen LogP contribution in [0.15, 0.2) is 29.1 Å². The molecule has 110 valence electrons. The number of aliphatic carboxylic acids is 1. The molecule has 21 heavy (non-hydrogen) atoms. The van der Waals surface area contributed by atoms with E-state index in [4.69, 9.17) is 5.11 Å². The highest BCUT2D eigenvalue weighted by atomic mass is 16.4. The van der Waals surface area contributed by atoms with Crippen LogP contribution in [0, 0.1) is 5.92 Å². The van der Waals surface area contributed by atoms with E-state index in [1.54, 1.807) is 0 Å². The zero-order chi connectivity index (χ0) is 15.0. The average molecular weight is 287 g/mol. The predicted octanol–water partition coefficient (Wildman–Crippen LogP) is 1.22. The highest BCUT2D eigenvalue weighted by Crippen LogP contribution is 2.25. The van der Waals surface area contributed by atoms with Crippen molar-refractivity contribution < 1.29 is 9.90 Å². The Morgan fingerprint density at radius 2 is 2.24 bits per heavy atom. The molecule has 2 aromatic rings. The first-order valence-corrected chi connectivity index (χ1v) is 7.01. The summed E-state index contributed by atoms with van der Waals surface area (Å²) in [4.78, 5) is 32.5. The molecule has 0 bridgehead atoms. The van der Waals surface area contributed by atoms with Crippen molar-refractivity contribution in [3.63, 3.8) is 0 Å². The maximum atomic E-state index is 12.1. The van der Waals surface area contributed by atoms with E-state index in [1.165, 1.54) is 0 Å². The summed E-state index contributed by atoms with van der Waals surface area (Å²) in [5, 5.41) is 9.15. The number of hydrogen-bond donors (Lipinski definition) is 2. The molecule has 2 heterocycles. The molecular formula is C15H17N3O3. The SMILES string of the molecule is CC1C(C(=O)O)CCN1Cc1nc2ccccc2[nH]c1=O. The molecule has 0 radical (unpaired) electrons. The van der Waals surface area contributed by atoms with Crippen LogP contribution in [-0.2, 0) is 11.3 Å². The first kappa shape index (κ1) is 13.8. The molecule has 0 aliphatic carbocycles. The number of carboxylic acid groups (broad SMARTS) is 1. The van der Waals surface area contributed by atoms with E-state index in [9.17, 15) is 9.59 Å². The summed E-state index contributed by atoms with van der Waals surface area (Å²) in [6.45, 7) is 2.94. The number of para-hydroxylation sites is 2. The Morgan fingerprint density at radius 1 is 1.48 bits per heavy atom. The van der Waals surface area contributed by atoms with Crippen molar-refractivity contribution >= 4 is 17.0 Å². The zero-order valence-electron chi connectivity index (χ0n) is 11.7. The van der Waals surface area contributed by atoms with Gasteiger partial charge < -0.3 is 10.1 Å². The lowest BCUT2D eigenvalue weighted by Crippen LogP contribution is -2.34. The van der Waals surface area contributed by atoms with Crippen LogP contribution in [0.2, 0.25) is 0 Å². The molecule has 1 aromatic heterocycles. The van der Waals surface area contributed by atoms with E-state index in [0.717, 1.165) is 5.52 Å². The number of carboxylic acids is 1. The third-order valence-corrected chi connectivity index (χ3v) is 4.23. The van der Waals surface area contributed by atoms with Crippen LogP contribution in [0.3, 0.4) is 0 Å². The Labute approximate surface area is 121 Å². The Balaban J connectivity index is 1.87. The second kappa shape index (κ2) is 5.29. The molecule has 3 rings (SSSR count). The standard InChI is InChI=1S/C15H17N3O3/c1-9-10(15(20)21)6-7-18(9)8-13-14(19)17-12-5-3-2-4-11(12)16-13/h2-5,9-10H,6-8H2,1H3,(H,17,19)(H,20,21). The molecular weight excluding hydrogens is 270 g/mol. The highest BCUT2D eigenvalue weighted by Gasteiger charge is 2.35. The van der Waals surface area contributed by atoms with Crippen LogP contribution in [0.25, 0.3) is 11.0 Å². The largest absolute Gasteiger partial charge is 0.481 e. The Morgan fingerprint density at radius 3 is 2.95 bits per heavy atom. The molecule has 1 aliphatic heterocycles. The van der Waals surface area contributed by atoms with Crippen molar-refractivity contribution in [2.24, 2.45) is 5.92 Å². The van der Waals surface area contributed by atoms with Gasteiger partial charge in [0.15, 0.2) is 0 Å². The normalized spacial score (nSPS) is 22.7. The average Bonchev–Trinajstić information content (AvgIpc) is 2.81. The third kappa shape index (κ3) is 2.54. The number of aromatic amines is 1. The number of nitrogens with zero attached hydrogens (tertiary/aromatic N) is 2. The summed E-state index contributed by atoms with van der Waals surface area (Å²) in [5.74, 6) is -1.14. The van der Waals surface area contributed by atoms with Gasteiger partial charge in [0.2, 0.25) is 0 Å². The van der Waals surface area contributed by atoms with Crippen LogP contribution in [0.4, 0.5) is 0 Å². The van der Waals surface area contributed by atoms with Crippen LogP contribution in [-0.4, -0.2) is 38.5 Å². The second-order valence-electron chi connectivity index (χ2n) is 5.47. The molecule has 6 nitrogen and oxygen atoms in total. The minimum atomic E-state index is -0.773. The van der Waals surface area contributed by atoms with Crippen molar-refractivity contribution in [2.45, 2.75) is 25.9 Å². The number of fused-ring (bicyclic) bond motifs is 1. The molecule has 0 spiro atoms. The fourth-order valence-corrected chi connectivity index (χ4v) is 2.92. The van der Waals surface area contributed by atoms with Gasteiger partial charge in [-0.05, 0) is 32.0 Å². The summed E-state index contributed by atoms with van der Waals surface area (Å²) in [6, 6.07) is 7.29. The van der Waals surface area contributed by atoms with Crippen LogP contribution < -0.4 is 5.56 Å². The number of hydrogen-bond acceptors (Lipinski definition) is 4. The lowest BCUT2D eigenvalue weighted by Gasteiger charge is -2.22. The minimum absolute atomic E-state index is 0.0878. The maximum absolute atomic E-state index is 12.1. The Bertz CT molecular complexity index is 740. The Kier molecular flexibility index (Phi) is 3.47. The van der Waals surface area contributed by atoms with E-state index in [2.05, 4.69) is 9.97 Å². The first-order valence-electron chi connectivity index (χ1n) is 7.01. The van der Waals surface area contributed by atoms with E-state index >= 15 is 0 Å². The van der Waals surface area contributed by atoms with E-state index in [0.29, 0.717) is 30.7 Å².